The SMILES string of the molecule is O=C(N/N=C\c1ccccc1)c1cnn(-c2ccc(Br)cc2)c1. The van der Waals surface area contributed by atoms with Crippen LogP contribution in [0.1, 0.15) is 15.9 Å². The van der Waals surface area contributed by atoms with Crippen LogP contribution < -0.4 is 5.43 Å². The fourth-order valence-electron chi connectivity index (χ4n) is 1.94. The summed E-state index contributed by atoms with van der Waals surface area (Å²) in [6.45, 7) is 0. The molecule has 0 atom stereocenters. The van der Waals surface area contributed by atoms with Crippen LogP contribution in [-0.2, 0) is 0 Å². The predicted molar refractivity (Wildman–Crippen MR) is 92.8 cm³/mol. The summed E-state index contributed by atoms with van der Waals surface area (Å²) >= 11 is 3.38. The number of carbonyl (C=O) groups excluding carboxylic acids is 1. The Balaban J connectivity index is 1.67. The molecule has 3 rings (SSSR count). The molecule has 1 N–H and O–H groups in total. The van der Waals surface area contributed by atoms with Gasteiger partial charge < -0.3 is 0 Å². The molecule has 0 aliphatic rings. The minimum atomic E-state index is -0.305. The van der Waals surface area contributed by atoms with E-state index >= 15 is 0 Å². The average molecular weight is 369 g/mol. The summed E-state index contributed by atoms with van der Waals surface area (Å²) in [7, 11) is 0. The first kappa shape index (κ1) is 15.2. The molecule has 5 nitrogen and oxygen atoms in total. The number of hydrogen-bond donors (Lipinski definition) is 1. The summed E-state index contributed by atoms with van der Waals surface area (Å²) < 4.78 is 2.63. The Morgan fingerprint density at radius 2 is 1.87 bits per heavy atom. The lowest BCUT2D eigenvalue weighted by Crippen LogP contribution is -2.16. The van der Waals surface area contributed by atoms with Crippen LogP contribution in [0.15, 0.2) is 76.6 Å². The molecular weight excluding hydrogens is 356 g/mol. The third-order valence-corrected chi connectivity index (χ3v) is 3.64. The number of nitrogens with zero attached hydrogens (tertiary/aromatic N) is 3. The van der Waals surface area contributed by atoms with Crippen molar-refractivity contribution in [3.8, 4) is 5.69 Å². The van der Waals surface area contributed by atoms with E-state index < -0.39 is 0 Å². The van der Waals surface area contributed by atoms with Gasteiger partial charge in [-0.2, -0.15) is 10.2 Å². The van der Waals surface area contributed by atoms with Gasteiger partial charge in [-0.1, -0.05) is 46.3 Å². The molecule has 0 unspecified atom stereocenters. The lowest BCUT2D eigenvalue weighted by atomic mass is 10.2. The van der Waals surface area contributed by atoms with Gasteiger partial charge in [0.05, 0.1) is 23.7 Å². The van der Waals surface area contributed by atoms with E-state index in [0.717, 1.165) is 15.7 Å². The summed E-state index contributed by atoms with van der Waals surface area (Å²) in [4.78, 5) is 12.0. The van der Waals surface area contributed by atoms with E-state index in [1.54, 1.807) is 17.1 Å². The molecule has 23 heavy (non-hydrogen) atoms. The first-order valence-corrected chi connectivity index (χ1v) is 7.71. The van der Waals surface area contributed by atoms with Gasteiger partial charge in [0.25, 0.3) is 5.91 Å². The summed E-state index contributed by atoms with van der Waals surface area (Å²) in [6, 6.07) is 17.2. The quantitative estimate of drug-likeness (QED) is 0.566. The topological polar surface area (TPSA) is 59.3 Å². The van der Waals surface area contributed by atoms with E-state index in [2.05, 4.69) is 31.6 Å². The van der Waals surface area contributed by atoms with Gasteiger partial charge in [-0.3, -0.25) is 4.79 Å². The second-order valence-electron chi connectivity index (χ2n) is 4.76. The smallest absolute Gasteiger partial charge is 0.267 e. The summed E-state index contributed by atoms with van der Waals surface area (Å²) in [5.41, 5.74) is 4.72. The van der Waals surface area contributed by atoms with Crippen molar-refractivity contribution in [1.82, 2.24) is 15.2 Å². The van der Waals surface area contributed by atoms with Crippen molar-refractivity contribution in [2.75, 3.05) is 0 Å². The molecule has 0 aliphatic heterocycles. The number of halogens is 1. The number of rotatable bonds is 4. The molecule has 1 aromatic heterocycles. The molecule has 114 valence electrons. The fourth-order valence-corrected chi connectivity index (χ4v) is 2.21. The van der Waals surface area contributed by atoms with E-state index in [4.69, 9.17) is 0 Å². The van der Waals surface area contributed by atoms with Gasteiger partial charge >= 0.3 is 0 Å². The largest absolute Gasteiger partial charge is 0.274 e. The zero-order valence-corrected chi connectivity index (χ0v) is 13.6. The number of benzene rings is 2. The van der Waals surface area contributed by atoms with Gasteiger partial charge in [0.1, 0.15) is 0 Å². The zero-order chi connectivity index (χ0) is 16.1. The fraction of sp³-hybridized carbons (Fsp3) is 0. The lowest BCUT2D eigenvalue weighted by Gasteiger charge is -2.00. The molecule has 1 heterocycles. The molecule has 0 bridgehead atoms. The van der Waals surface area contributed by atoms with Crippen LogP contribution >= 0.6 is 15.9 Å². The second kappa shape index (κ2) is 7.02. The lowest BCUT2D eigenvalue weighted by molar-refractivity contribution is 0.0955. The maximum absolute atomic E-state index is 12.0. The molecule has 2 aromatic carbocycles. The van der Waals surface area contributed by atoms with Gasteiger partial charge in [0, 0.05) is 10.7 Å². The number of aromatic nitrogens is 2. The highest BCUT2D eigenvalue weighted by Gasteiger charge is 2.08. The summed E-state index contributed by atoms with van der Waals surface area (Å²) in [5.74, 6) is -0.305. The molecule has 3 aromatic rings. The minimum absolute atomic E-state index is 0.305. The number of nitrogens with one attached hydrogen (secondary N) is 1. The number of amides is 1. The monoisotopic (exact) mass is 368 g/mol. The highest BCUT2D eigenvalue weighted by molar-refractivity contribution is 9.10. The Morgan fingerprint density at radius 1 is 1.13 bits per heavy atom. The van der Waals surface area contributed by atoms with Crippen molar-refractivity contribution in [2.45, 2.75) is 0 Å². The van der Waals surface area contributed by atoms with Gasteiger partial charge in [-0.05, 0) is 29.8 Å². The second-order valence-corrected chi connectivity index (χ2v) is 5.68. The Kier molecular flexibility index (Phi) is 4.63. The van der Waals surface area contributed by atoms with Gasteiger partial charge in [-0.25, -0.2) is 10.1 Å². The molecule has 0 fully saturated rings. The predicted octanol–water partition coefficient (Wildman–Crippen LogP) is 3.40. The Morgan fingerprint density at radius 3 is 2.61 bits per heavy atom. The van der Waals surface area contributed by atoms with Crippen molar-refractivity contribution in [1.29, 1.82) is 0 Å². The Bertz CT molecular complexity index is 825. The normalized spacial score (nSPS) is 10.8. The molecule has 1 amide bonds. The van der Waals surface area contributed by atoms with E-state index in [9.17, 15) is 4.79 Å². The molecule has 0 saturated heterocycles. The van der Waals surface area contributed by atoms with E-state index in [-0.39, 0.29) is 5.91 Å². The van der Waals surface area contributed by atoms with Crippen molar-refractivity contribution >= 4 is 28.1 Å². The van der Waals surface area contributed by atoms with Gasteiger partial charge in [0.15, 0.2) is 0 Å². The van der Waals surface area contributed by atoms with Gasteiger partial charge in [0.2, 0.25) is 0 Å². The standard InChI is InChI=1S/C17H13BrN4O/c18-15-6-8-16(9-7-15)22-12-14(11-20-22)17(23)21-19-10-13-4-2-1-3-5-13/h1-12H,(H,21,23)/b19-10-. The van der Waals surface area contributed by atoms with Crippen LogP contribution in [-0.4, -0.2) is 21.9 Å². The zero-order valence-electron chi connectivity index (χ0n) is 12.1. The maximum Gasteiger partial charge on any atom is 0.274 e. The van der Waals surface area contributed by atoms with Crippen LogP contribution in [0.4, 0.5) is 0 Å². The number of carbonyl (C=O) groups is 1. The van der Waals surface area contributed by atoms with Crippen LogP contribution in [0.3, 0.4) is 0 Å². The summed E-state index contributed by atoms with van der Waals surface area (Å²) in [5, 5.41) is 8.14. The molecule has 0 radical (unpaired) electrons. The van der Waals surface area contributed by atoms with Crippen molar-refractivity contribution in [3.63, 3.8) is 0 Å². The third-order valence-electron chi connectivity index (χ3n) is 3.12. The van der Waals surface area contributed by atoms with E-state index in [1.165, 1.54) is 6.20 Å². The van der Waals surface area contributed by atoms with Crippen molar-refractivity contribution < 1.29 is 4.79 Å². The highest BCUT2D eigenvalue weighted by Crippen LogP contribution is 2.14. The van der Waals surface area contributed by atoms with Crippen molar-refractivity contribution in [3.05, 3.63) is 82.6 Å². The minimum Gasteiger partial charge on any atom is -0.267 e. The van der Waals surface area contributed by atoms with E-state index in [0.29, 0.717) is 5.56 Å². The first-order valence-electron chi connectivity index (χ1n) is 6.91. The maximum atomic E-state index is 12.0. The molecule has 0 spiro atoms. The first-order chi connectivity index (χ1) is 11.2. The Labute approximate surface area is 141 Å². The van der Waals surface area contributed by atoms with Crippen LogP contribution in [0.25, 0.3) is 5.69 Å². The van der Waals surface area contributed by atoms with Crippen LogP contribution in [0, 0.1) is 0 Å². The molecule has 0 saturated carbocycles. The summed E-state index contributed by atoms with van der Waals surface area (Å²) in [6.07, 6.45) is 4.77. The van der Waals surface area contributed by atoms with Crippen molar-refractivity contribution in [2.24, 2.45) is 5.10 Å². The number of hydrazone groups is 1. The third kappa shape index (κ3) is 3.92. The van der Waals surface area contributed by atoms with Crippen LogP contribution in [0.2, 0.25) is 0 Å². The average Bonchev–Trinajstić information content (AvgIpc) is 3.06. The number of hydrogen-bond acceptors (Lipinski definition) is 3. The van der Waals surface area contributed by atoms with Gasteiger partial charge in [-0.15, -0.1) is 0 Å². The Hall–Kier alpha value is -2.73. The van der Waals surface area contributed by atoms with Crippen LogP contribution in [0.5, 0.6) is 0 Å². The molecular formula is C17H13BrN4O. The highest BCUT2D eigenvalue weighted by atomic mass is 79.9. The van der Waals surface area contributed by atoms with E-state index in [1.807, 2.05) is 54.6 Å². The molecule has 6 heteroatoms. The molecule has 0 aliphatic carbocycles.